The molecule has 1 atom stereocenters. The van der Waals surface area contributed by atoms with Crippen molar-refractivity contribution in [2.45, 2.75) is 12.5 Å². The largest absolute Gasteiger partial charge is 0.493 e. The number of aromatic nitrogens is 2. The van der Waals surface area contributed by atoms with Gasteiger partial charge in [-0.3, -0.25) is 4.79 Å². The third-order valence-corrected chi connectivity index (χ3v) is 6.66. The molecular weight excluding hydrogens is 609 g/mol. The van der Waals surface area contributed by atoms with Crippen molar-refractivity contribution in [3.8, 4) is 22.9 Å². The van der Waals surface area contributed by atoms with Gasteiger partial charge in [-0.05, 0) is 70.6 Å². The summed E-state index contributed by atoms with van der Waals surface area (Å²) >= 11 is 8.45. The molecule has 3 N–H and O–H groups in total. The van der Waals surface area contributed by atoms with Gasteiger partial charge in [-0.2, -0.15) is 0 Å². The summed E-state index contributed by atoms with van der Waals surface area (Å²) in [6.07, 6.45) is 0.172. The quantitative estimate of drug-likeness (QED) is 0.163. The fraction of sp³-hybridized carbons (Fsp3) is 0.185. The first-order valence-corrected chi connectivity index (χ1v) is 12.9. The van der Waals surface area contributed by atoms with Crippen LogP contribution in [0.1, 0.15) is 11.6 Å². The predicted octanol–water partition coefficient (Wildman–Crippen LogP) is 5.25. The fourth-order valence-electron chi connectivity index (χ4n) is 3.84. The van der Waals surface area contributed by atoms with Crippen LogP contribution < -0.4 is 15.7 Å². The van der Waals surface area contributed by atoms with Crippen LogP contribution in [-0.2, 0) is 16.0 Å². The van der Waals surface area contributed by atoms with E-state index in [-0.39, 0.29) is 18.0 Å². The lowest BCUT2D eigenvalue weighted by atomic mass is 10.0. The number of hydrogen-bond donors (Lipinski definition) is 3. The molecule has 8 nitrogen and oxygen atoms in total. The van der Waals surface area contributed by atoms with Crippen molar-refractivity contribution in [2.24, 2.45) is 0 Å². The Labute approximate surface area is 232 Å². The second-order valence-corrected chi connectivity index (χ2v) is 9.84. The molecule has 1 amide bonds. The lowest BCUT2D eigenvalue weighted by Crippen LogP contribution is -2.33. The lowest BCUT2D eigenvalue weighted by molar-refractivity contribution is -0.119. The second kappa shape index (κ2) is 12.3. The maximum Gasteiger partial charge on any atom is 0.329 e. The molecule has 0 fully saturated rings. The third kappa shape index (κ3) is 6.54. The summed E-state index contributed by atoms with van der Waals surface area (Å²) in [7, 11) is 1.59. The van der Waals surface area contributed by atoms with Crippen molar-refractivity contribution >= 4 is 45.8 Å². The number of ether oxygens (including phenoxy) is 2. The molecule has 0 bridgehead atoms. The predicted molar refractivity (Wildman–Crippen MR) is 152 cm³/mol. The Hall–Kier alpha value is -3.28. The van der Waals surface area contributed by atoms with Gasteiger partial charge in [-0.15, -0.1) is 0 Å². The summed E-state index contributed by atoms with van der Waals surface area (Å²) in [5.74, 6) is -0.211. The number of amides is 1. The van der Waals surface area contributed by atoms with E-state index in [9.17, 15) is 14.7 Å². The summed E-state index contributed by atoms with van der Waals surface area (Å²) in [6, 6.07) is 20.4. The van der Waals surface area contributed by atoms with Gasteiger partial charge in [-0.25, -0.2) is 9.36 Å². The van der Waals surface area contributed by atoms with Gasteiger partial charge in [0, 0.05) is 22.7 Å². The molecule has 192 valence electrons. The van der Waals surface area contributed by atoms with Gasteiger partial charge >= 0.3 is 5.69 Å². The van der Waals surface area contributed by atoms with Crippen LogP contribution in [0, 0.1) is 3.57 Å². The number of methoxy groups -OCH3 is 1. The number of hydrogen-bond acceptors (Lipinski definition) is 5. The van der Waals surface area contributed by atoms with Crippen molar-refractivity contribution in [3.05, 3.63) is 97.4 Å². The third-order valence-electron chi connectivity index (χ3n) is 5.68. The fourth-order valence-corrected chi connectivity index (χ4v) is 4.74. The van der Waals surface area contributed by atoms with Crippen molar-refractivity contribution < 1.29 is 19.4 Å². The number of nitrogens with zero attached hydrogens (tertiary/aromatic N) is 1. The molecule has 0 aliphatic carbocycles. The molecule has 1 heterocycles. The monoisotopic (exact) mass is 633 g/mol. The van der Waals surface area contributed by atoms with Gasteiger partial charge in [-0.1, -0.05) is 41.9 Å². The molecule has 0 saturated heterocycles. The van der Waals surface area contributed by atoms with Gasteiger partial charge in [0.05, 0.1) is 17.3 Å². The highest BCUT2D eigenvalue weighted by molar-refractivity contribution is 14.1. The molecule has 4 rings (SSSR count). The Kier molecular flexibility index (Phi) is 8.91. The average Bonchev–Trinajstić information content (AvgIpc) is 3.19. The van der Waals surface area contributed by atoms with E-state index in [2.05, 4.69) is 32.9 Å². The molecule has 0 saturated carbocycles. The van der Waals surface area contributed by atoms with E-state index in [4.69, 9.17) is 21.1 Å². The van der Waals surface area contributed by atoms with E-state index in [0.717, 1.165) is 13.7 Å². The zero-order valence-corrected chi connectivity index (χ0v) is 22.8. The van der Waals surface area contributed by atoms with Crippen LogP contribution >= 0.6 is 34.2 Å². The lowest BCUT2D eigenvalue weighted by Gasteiger charge is -2.19. The molecule has 10 heteroatoms. The topological polar surface area (TPSA) is 106 Å². The van der Waals surface area contributed by atoms with Gasteiger partial charge < -0.3 is 24.9 Å². The summed E-state index contributed by atoms with van der Waals surface area (Å²) < 4.78 is 12.5. The zero-order valence-electron chi connectivity index (χ0n) is 19.9. The molecule has 37 heavy (non-hydrogen) atoms. The van der Waals surface area contributed by atoms with E-state index >= 15 is 0 Å². The van der Waals surface area contributed by atoms with Crippen molar-refractivity contribution in [3.63, 3.8) is 0 Å². The molecule has 0 spiro atoms. The first kappa shape index (κ1) is 26.8. The normalized spacial score (nSPS) is 11.8. The highest BCUT2D eigenvalue weighted by atomic mass is 127. The van der Waals surface area contributed by atoms with Crippen LogP contribution in [0.2, 0.25) is 5.02 Å². The maximum absolute atomic E-state index is 13.5. The number of aromatic hydroxyl groups is 1. The Morgan fingerprint density at radius 1 is 1.11 bits per heavy atom. The number of carbonyl (C=O) groups is 1. The number of anilines is 1. The van der Waals surface area contributed by atoms with Gasteiger partial charge in [0.25, 0.3) is 0 Å². The minimum Gasteiger partial charge on any atom is -0.493 e. The molecule has 3 aromatic carbocycles. The van der Waals surface area contributed by atoms with E-state index in [1.807, 2.05) is 36.4 Å². The average molecular weight is 634 g/mol. The summed E-state index contributed by atoms with van der Waals surface area (Å²) in [4.78, 5) is 29.3. The van der Waals surface area contributed by atoms with E-state index in [1.54, 1.807) is 43.5 Å². The standard InChI is InChI=1S/C27H25ClIN3O5/c1-36-13-14-37-20-10-7-18(8-11-20)24-26(34)32(27(35)31-24)23(15-17-5-3-2-4-6-17)25(33)30-22-12-9-19(29)16-21(22)28/h2-12,16,23,34H,13-15H2,1H3,(H,30,33)(H,31,35)/t23-/m0/s1. The van der Waals surface area contributed by atoms with E-state index in [0.29, 0.717) is 35.2 Å². The Morgan fingerprint density at radius 2 is 1.84 bits per heavy atom. The molecule has 0 radical (unpaired) electrons. The molecule has 4 aromatic rings. The number of imidazole rings is 1. The Balaban J connectivity index is 1.67. The van der Waals surface area contributed by atoms with Crippen LogP contribution in [0.15, 0.2) is 77.6 Å². The number of carbonyl (C=O) groups excluding carboxylic acids is 1. The number of nitrogens with one attached hydrogen (secondary N) is 2. The van der Waals surface area contributed by atoms with Crippen molar-refractivity contribution in [1.29, 1.82) is 0 Å². The molecule has 0 aliphatic heterocycles. The smallest absolute Gasteiger partial charge is 0.329 e. The summed E-state index contributed by atoms with van der Waals surface area (Å²) in [6.45, 7) is 0.853. The van der Waals surface area contributed by atoms with E-state index in [1.165, 1.54) is 0 Å². The van der Waals surface area contributed by atoms with E-state index < -0.39 is 17.6 Å². The van der Waals surface area contributed by atoms with Crippen LogP contribution in [0.4, 0.5) is 5.69 Å². The number of benzene rings is 3. The second-order valence-electron chi connectivity index (χ2n) is 8.18. The number of rotatable bonds is 10. The summed E-state index contributed by atoms with van der Waals surface area (Å²) in [5.41, 5.74) is 1.39. The van der Waals surface area contributed by atoms with Crippen molar-refractivity contribution in [2.75, 3.05) is 25.6 Å². The maximum atomic E-state index is 13.5. The molecule has 0 aliphatic rings. The SMILES string of the molecule is COCCOc1ccc(-c2[nH]c(=O)n([C@@H](Cc3ccccc3)C(=O)Nc3ccc(I)cc3Cl)c2O)cc1. The molecule has 0 unspecified atom stereocenters. The minimum atomic E-state index is -1.05. The Bertz CT molecular complexity index is 1420. The number of aromatic amines is 1. The van der Waals surface area contributed by atoms with Crippen LogP contribution in [0.3, 0.4) is 0 Å². The van der Waals surface area contributed by atoms with Crippen molar-refractivity contribution in [1.82, 2.24) is 9.55 Å². The first-order valence-electron chi connectivity index (χ1n) is 11.4. The minimum absolute atomic E-state index is 0.172. The van der Waals surface area contributed by atoms with Gasteiger partial charge in [0.2, 0.25) is 11.8 Å². The number of H-pyrrole nitrogens is 1. The zero-order chi connectivity index (χ0) is 26.4. The van der Waals surface area contributed by atoms with Crippen LogP contribution in [-0.4, -0.2) is 40.9 Å². The molecular formula is C27H25ClIN3O5. The van der Waals surface area contributed by atoms with Crippen LogP contribution in [0.5, 0.6) is 11.6 Å². The first-order chi connectivity index (χ1) is 17.9. The highest BCUT2D eigenvalue weighted by Gasteiger charge is 2.28. The van der Waals surface area contributed by atoms with Crippen LogP contribution in [0.25, 0.3) is 11.3 Å². The molecule has 1 aromatic heterocycles. The Morgan fingerprint density at radius 3 is 2.51 bits per heavy atom. The van der Waals surface area contributed by atoms with Gasteiger partial charge in [0.1, 0.15) is 24.1 Å². The highest BCUT2D eigenvalue weighted by Crippen LogP contribution is 2.32. The summed E-state index contributed by atoms with van der Waals surface area (Å²) in [5, 5.41) is 14.3. The number of halogens is 2. The van der Waals surface area contributed by atoms with Gasteiger partial charge in [0.15, 0.2) is 0 Å².